The van der Waals surface area contributed by atoms with Gasteiger partial charge in [-0.1, -0.05) is 34.1 Å². The van der Waals surface area contributed by atoms with Gasteiger partial charge < -0.3 is 10.3 Å². The highest BCUT2D eigenvalue weighted by molar-refractivity contribution is 9.10. The minimum absolute atomic E-state index is 0.865. The normalized spacial score (nSPS) is 10.9. The molecule has 0 amide bonds. The molecule has 3 rings (SSSR count). The number of anilines is 1. The van der Waals surface area contributed by atoms with Crippen LogP contribution in [-0.2, 0) is 6.42 Å². The predicted octanol–water partition coefficient (Wildman–Crippen LogP) is 4.29. The minimum atomic E-state index is 0.865. The van der Waals surface area contributed by atoms with Crippen molar-refractivity contribution in [2.24, 2.45) is 0 Å². The number of fused-ring (bicyclic) bond motifs is 1. The van der Waals surface area contributed by atoms with Crippen LogP contribution in [0.4, 0.5) is 5.69 Å². The molecule has 1 aromatic heterocycles. The Kier molecular flexibility index (Phi) is 3.74. The fourth-order valence-electron chi connectivity index (χ4n) is 2.30. The van der Waals surface area contributed by atoms with Crippen molar-refractivity contribution >= 4 is 32.7 Å². The molecule has 0 atom stereocenters. The molecular formula is C16H16BrN3. The van der Waals surface area contributed by atoms with E-state index in [1.54, 1.807) is 0 Å². The van der Waals surface area contributed by atoms with Crippen LogP contribution in [0.3, 0.4) is 0 Å². The predicted molar refractivity (Wildman–Crippen MR) is 87.2 cm³/mol. The molecular weight excluding hydrogens is 314 g/mol. The van der Waals surface area contributed by atoms with Gasteiger partial charge in [-0.2, -0.15) is 0 Å². The second-order valence-corrected chi connectivity index (χ2v) is 5.76. The Bertz CT molecular complexity index is 719. The van der Waals surface area contributed by atoms with Crippen molar-refractivity contribution in [1.29, 1.82) is 0 Å². The second kappa shape index (κ2) is 5.67. The van der Waals surface area contributed by atoms with Crippen molar-refractivity contribution in [3.05, 3.63) is 58.3 Å². The van der Waals surface area contributed by atoms with Crippen molar-refractivity contribution in [1.82, 2.24) is 9.97 Å². The zero-order valence-electron chi connectivity index (χ0n) is 11.3. The van der Waals surface area contributed by atoms with Crippen LogP contribution < -0.4 is 5.32 Å². The van der Waals surface area contributed by atoms with Gasteiger partial charge in [-0.15, -0.1) is 0 Å². The van der Waals surface area contributed by atoms with E-state index in [0.717, 1.165) is 40.0 Å². The van der Waals surface area contributed by atoms with Gasteiger partial charge in [0, 0.05) is 23.1 Å². The number of aryl methyl sites for hydroxylation is 1. The number of hydrogen-bond donors (Lipinski definition) is 2. The van der Waals surface area contributed by atoms with Gasteiger partial charge in [0.15, 0.2) is 0 Å². The maximum atomic E-state index is 4.67. The van der Waals surface area contributed by atoms with Gasteiger partial charge in [0.1, 0.15) is 5.82 Å². The SMILES string of the molecule is Cc1cc(Br)cc2[nH]c(CCNc3ccccc3)nc12. The van der Waals surface area contributed by atoms with Gasteiger partial charge in [-0.3, -0.25) is 0 Å². The van der Waals surface area contributed by atoms with Crippen LogP contribution in [0.2, 0.25) is 0 Å². The first-order valence-corrected chi connectivity index (χ1v) is 7.45. The Hall–Kier alpha value is -1.81. The summed E-state index contributed by atoms with van der Waals surface area (Å²) in [6.45, 7) is 2.95. The molecule has 20 heavy (non-hydrogen) atoms. The zero-order valence-corrected chi connectivity index (χ0v) is 12.9. The third-order valence-corrected chi connectivity index (χ3v) is 3.71. The topological polar surface area (TPSA) is 40.7 Å². The minimum Gasteiger partial charge on any atom is -0.385 e. The van der Waals surface area contributed by atoms with E-state index in [1.807, 2.05) is 18.2 Å². The van der Waals surface area contributed by atoms with Crippen molar-refractivity contribution in [2.75, 3.05) is 11.9 Å². The maximum Gasteiger partial charge on any atom is 0.109 e. The van der Waals surface area contributed by atoms with Crippen molar-refractivity contribution < 1.29 is 0 Å². The van der Waals surface area contributed by atoms with E-state index in [0.29, 0.717) is 0 Å². The lowest BCUT2D eigenvalue weighted by molar-refractivity contribution is 0.934. The van der Waals surface area contributed by atoms with Crippen LogP contribution in [0.25, 0.3) is 11.0 Å². The second-order valence-electron chi connectivity index (χ2n) is 4.85. The molecule has 0 aliphatic heterocycles. The van der Waals surface area contributed by atoms with E-state index in [1.165, 1.54) is 5.56 Å². The molecule has 0 saturated carbocycles. The molecule has 0 aliphatic carbocycles. The summed E-state index contributed by atoms with van der Waals surface area (Å²) in [5.41, 5.74) is 4.48. The molecule has 0 unspecified atom stereocenters. The van der Waals surface area contributed by atoms with Gasteiger partial charge in [0.2, 0.25) is 0 Å². The Labute approximate surface area is 126 Å². The molecule has 1 heterocycles. The van der Waals surface area contributed by atoms with Gasteiger partial charge in [0.25, 0.3) is 0 Å². The highest BCUT2D eigenvalue weighted by Gasteiger charge is 2.06. The Balaban J connectivity index is 1.70. The molecule has 0 spiro atoms. The van der Waals surface area contributed by atoms with E-state index in [-0.39, 0.29) is 0 Å². The standard InChI is InChI=1S/C16H16BrN3/c1-11-9-12(17)10-14-16(11)20-15(19-14)7-8-18-13-5-3-2-4-6-13/h2-6,9-10,18H,7-8H2,1H3,(H,19,20). The van der Waals surface area contributed by atoms with Crippen LogP contribution in [0.5, 0.6) is 0 Å². The smallest absolute Gasteiger partial charge is 0.109 e. The molecule has 2 N–H and O–H groups in total. The number of nitrogens with zero attached hydrogens (tertiary/aromatic N) is 1. The number of hydrogen-bond acceptors (Lipinski definition) is 2. The zero-order chi connectivity index (χ0) is 13.9. The third-order valence-electron chi connectivity index (χ3n) is 3.26. The van der Waals surface area contributed by atoms with E-state index in [9.17, 15) is 0 Å². The highest BCUT2D eigenvalue weighted by Crippen LogP contribution is 2.22. The van der Waals surface area contributed by atoms with Gasteiger partial charge in [-0.05, 0) is 36.8 Å². The Morgan fingerprint density at radius 2 is 2.00 bits per heavy atom. The fraction of sp³-hybridized carbons (Fsp3) is 0.188. The number of aromatic nitrogens is 2. The van der Waals surface area contributed by atoms with Crippen LogP contribution >= 0.6 is 15.9 Å². The molecule has 0 aliphatic rings. The van der Waals surface area contributed by atoms with Crippen molar-refractivity contribution in [2.45, 2.75) is 13.3 Å². The van der Waals surface area contributed by atoms with Gasteiger partial charge in [0.05, 0.1) is 11.0 Å². The number of para-hydroxylation sites is 1. The molecule has 0 fully saturated rings. The number of benzene rings is 2. The summed E-state index contributed by atoms with van der Waals surface area (Å²) in [4.78, 5) is 8.05. The summed E-state index contributed by atoms with van der Waals surface area (Å²) < 4.78 is 1.08. The molecule has 102 valence electrons. The monoisotopic (exact) mass is 329 g/mol. The molecule has 2 aromatic carbocycles. The molecule has 0 saturated heterocycles. The average molecular weight is 330 g/mol. The lowest BCUT2D eigenvalue weighted by Crippen LogP contribution is -2.05. The average Bonchev–Trinajstić information content (AvgIpc) is 2.83. The quantitative estimate of drug-likeness (QED) is 0.749. The Morgan fingerprint density at radius 1 is 1.20 bits per heavy atom. The third kappa shape index (κ3) is 2.85. The molecule has 0 radical (unpaired) electrons. The summed E-state index contributed by atoms with van der Waals surface area (Å²) in [6.07, 6.45) is 0.876. The van der Waals surface area contributed by atoms with Crippen LogP contribution in [0.15, 0.2) is 46.9 Å². The van der Waals surface area contributed by atoms with Crippen LogP contribution in [0.1, 0.15) is 11.4 Å². The number of nitrogens with one attached hydrogen (secondary N) is 2. The molecule has 3 nitrogen and oxygen atoms in total. The fourth-order valence-corrected chi connectivity index (χ4v) is 2.87. The van der Waals surface area contributed by atoms with E-state index in [2.05, 4.69) is 62.4 Å². The number of halogens is 1. The van der Waals surface area contributed by atoms with E-state index < -0.39 is 0 Å². The Morgan fingerprint density at radius 3 is 2.80 bits per heavy atom. The lowest BCUT2D eigenvalue weighted by atomic mass is 10.2. The summed E-state index contributed by atoms with van der Waals surface area (Å²) in [7, 11) is 0. The van der Waals surface area contributed by atoms with Crippen LogP contribution in [0, 0.1) is 6.92 Å². The van der Waals surface area contributed by atoms with Gasteiger partial charge in [-0.25, -0.2) is 4.98 Å². The number of H-pyrrole nitrogens is 1. The van der Waals surface area contributed by atoms with Crippen LogP contribution in [-0.4, -0.2) is 16.5 Å². The number of aromatic amines is 1. The summed E-state index contributed by atoms with van der Waals surface area (Å²) in [5.74, 6) is 1.02. The van der Waals surface area contributed by atoms with E-state index in [4.69, 9.17) is 0 Å². The van der Waals surface area contributed by atoms with E-state index >= 15 is 0 Å². The first-order valence-electron chi connectivity index (χ1n) is 6.66. The summed E-state index contributed by atoms with van der Waals surface area (Å²) in [5, 5.41) is 3.39. The first kappa shape index (κ1) is 13.2. The summed E-state index contributed by atoms with van der Waals surface area (Å²) in [6, 6.07) is 14.4. The lowest BCUT2D eigenvalue weighted by Gasteiger charge is -2.03. The van der Waals surface area contributed by atoms with Crippen molar-refractivity contribution in [3.8, 4) is 0 Å². The maximum absolute atomic E-state index is 4.67. The first-order chi connectivity index (χ1) is 9.72. The summed E-state index contributed by atoms with van der Waals surface area (Å²) >= 11 is 3.52. The molecule has 0 bridgehead atoms. The molecule has 3 aromatic rings. The van der Waals surface area contributed by atoms with Crippen molar-refractivity contribution in [3.63, 3.8) is 0 Å². The van der Waals surface area contributed by atoms with Gasteiger partial charge >= 0.3 is 0 Å². The number of imidazole rings is 1. The molecule has 4 heteroatoms. The highest BCUT2D eigenvalue weighted by atomic mass is 79.9. The number of rotatable bonds is 4. The largest absolute Gasteiger partial charge is 0.385 e.